The van der Waals surface area contributed by atoms with Gasteiger partial charge in [0.1, 0.15) is 0 Å². The van der Waals surface area contributed by atoms with Crippen molar-refractivity contribution in [1.82, 2.24) is 15.3 Å². The highest BCUT2D eigenvalue weighted by Gasteiger charge is 2.00. The van der Waals surface area contributed by atoms with Crippen molar-refractivity contribution in [2.75, 3.05) is 0 Å². The first kappa shape index (κ1) is 15.9. The molecule has 2 rings (SSSR count). The van der Waals surface area contributed by atoms with Crippen molar-refractivity contribution in [3.05, 3.63) is 65.2 Å². The first-order valence-electron chi connectivity index (χ1n) is 7.38. The highest BCUT2D eigenvalue weighted by atomic mass is 16.1. The maximum atomic E-state index is 11.8. The molecule has 1 amide bonds. The predicted molar refractivity (Wildman–Crippen MR) is 88.2 cm³/mol. The Morgan fingerprint density at radius 3 is 2.50 bits per heavy atom. The van der Waals surface area contributed by atoms with Gasteiger partial charge in [0.15, 0.2) is 0 Å². The summed E-state index contributed by atoms with van der Waals surface area (Å²) in [6, 6.07) is 8.21. The molecule has 2 aromatic rings. The van der Waals surface area contributed by atoms with Gasteiger partial charge in [-0.15, -0.1) is 0 Å². The van der Waals surface area contributed by atoms with Crippen LogP contribution in [0.25, 0.3) is 6.08 Å². The third kappa shape index (κ3) is 4.81. The molecule has 0 aliphatic rings. The smallest absolute Gasteiger partial charge is 0.244 e. The van der Waals surface area contributed by atoms with Crippen LogP contribution in [0.3, 0.4) is 0 Å². The SMILES string of the molecule is Cc1cnc(CNC(=O)/C=C/c2ccc(C(C)C)cc2)cn1. The number of carbonyl (C=O) groups excluding carboxylic acids is 1. The van der Waals surface area contributed by atoms with E-state index in [-0.39, 0.29) is 5.91 Å². The van der Waals surface area contributed by atoms with Crippen molar-refractivity contribution in [2.24, 2.45) is 0 Å². The summed E-state index contributed by atoms with van der Waals surface area (Å²) in [5, 5.41) is 2.79. The molecule has 114 valence electrons. The van der Waals surface area contributed by atoms with Gasteiger partial charge in [0.05, 0.1) is 24.1 Å². The van der Waals surface area contributed by atoms with Crippen LogP contribution in [0.4, 0.5) is 0 Å². The third-order valence-electron chi connectivity index (χ3n) is 3.31. The van der Waals surface area contributed by atoms with Crippen LogP contribution in [-0.4, -0.2) is 15.9 Å². The first-order valence-corrected chi connectivity index (χ1v) is 7.38. The summed E-state index contributed by atoms with van der Waals surface area (Å²) >= 11 is 0. The Balaban J connectivity index is 1.87. The normalized spacial score (nSPS) is 11.1. The molecule has 0 spiro atoms. The van der Waals surface area contributed by atoms with Crippen LogP contribution in [0.15, 0.2) is 42.7 Å². The predicted octanol–water partition coefficient (Wildman–Crippen LogP) is 3.24. The molecule has 1 aromatic heterocycles. The average Bonchev–Trinajstić information content (AvgIpc) is 2.52. The minimum absolute atomic E-state index is 0.143. The van der Waals surface area contributed by atoms with E-state index in [1.165, 1.54) is 11.6 Å². The number of amides is 1. The molecule has 4 heteroatoms. The van der Waals surface area contributed by atoms with E-state index in [0.717, 1.165) is 17.0 Å². The van der Waals surface area contributed by atoms with Crippen molar-refractivity contribution in [2.45, 2.75) is 33.2 Å². The standard InChI is InChI=1S/C18H21N3O/c1-13(2)16-7-4-15(5-8-16)6-9-18(22)21-12-17-11-19-14(3)10-20-17/h4-11,13H,12H2,1-3H3,(H,21,22)/b9-6+. The molecule has 4 nitrogen and oxygen atoms in total. The van der Waals surface area contributed by atoms with Crippen molar-refractivity contribution < 1.29 is 4.79 Å². The zero-order valence-electron chi connectivity index (χ0n) is 13.2. The number of nitrogens with one attached hydrogen (secondary N) is 1. The minimum atomic E-state index is -0.143. The maximum absolute atomic E-state index is 11.8. The van der Waals surface area contributed by atoms with Crippen LogP contribution in [0.1, 0.15) is 42.3 Å². The van der Waals surface area contributed by atoms with Gasteiger partial charge in [-0.25, -0.2) is 0 Å². The molecule has 0 unspecified atom stereocenters. The summed E-state index contributed by atoms with van der Waals surface area (Å²) in [4.78, 5) is 20.1. The number of hydrogen-bond donors (Lipinski definition) is 1. The van der Waals surface area contributed by atoms with E-state index in [1.807, 2.05) is 19.1 Å². The van der Waals surface area contributed by atoms with E-state index in [9.17, 15) is 4.79 Å². The second kappa shape index (κ2) is 7.50. The van der Waals surface area contributed by atoms with Gasteiger partial charge < -0.3 is 5.32 Å². The fourth-order valence-corrected chi connectivity index (χ4v) is 1.91. The lowest BCUT2D eigenvalue weighted by atomic mass is 10.0. The van der Waals surface area contributed by atoms with Crippen molar-refractivity contribution in [1.29, 1.82) is 0 Å². The Kier molecular flexibility index (Phi) is 5.42. The molecule has 1 heterocycles. The molecule has 0 aliphatic heterocycles. The van der Waals surface area contributed by atoms with Crippen molar-refractivity contribution >= 4 is 12.0 Å². The highest BCUT2D eigenvalue weighted by molar-refractivity contribution is 5.91. The quantitative estimate of drug-likeness (QED) is 0.862. The summed E-state index contributed by atoms with van der Waals surface area (Å²) in [7, 11) is 0. The Bertz CT molecular complexity index is 643. The molecule has 0 atom stereocenters. The fourth-order valence-electron chi connectivity index (χ4n) is 1.91. The molecule has 0 saturated heterocycles. The largest absolute Gasteiger partial charge is 0.347 e. The topological polar surface area (TPSA) is 54.9 Å². The van der Waals surface area contributed by atoms with Crippen LogP contribution >= 0.6 is 0 Å². The summed E-state index contributed by atoms with van der Waals surface area (Å²) in [5.74, 6) is 0.368. The molecular formula is C18H21N3O. The van der Waals surface area contributed by atoms with Crippen molar-refractivity contribution in [3.8, 4) is 0 Å². The maximum Gasteiger partial charge on any atom is 0.244 e. The number of nitrogens with zero attached hydrogens (tertiary/aromatic N) is 2. The number of rotatable bonds is 5. The van der Waals surface area contributed by atoms with Gasteiger partial charge in [-0.05, 0) is 30.0 Å². The van der Waals surface area contributed by atoms with Gasteiger partial charge in [0.25, 0.3) is 0 Å². The van der Waals surface area contributed by atoms with Crippen LogP contribution in [0, 0.1) is 6.92 Å². The van der Waals surface area contributed by atoms with E-state index < -0.39 is 0 Å². The molecule has 0 bridgehead atoms. The monoisotopic (exact) mass is 295 g/mol. The zero-order valence-corrected chi connectivity index (χ0v) is 13.2. The van der Waals surface area contributed by atoms with Gasteiger partial charge in [-0.3, -0.25) is 14.8 Å². The minimum Gasteiger partial charge on any atom is -0.347 e. The molecule has 0 radical (unpaired) electrons. The molecule has 0 saturated carbocycles. The van der Waals surface area contributed by atoms with E-state index in [2.05, 4.69) is 41.3 Å². The molecule has 0 fully saturated rings. The van der Waals surface area contributed by atoms with E-state index in [0.29, 0.717) is 12.5 Å². The Morgan fingerprint density at radius 2 is 1.91 bits per heavy atom. The molecule has 0 aliphatic carbocycles. The van der Waals surface area contributed by atoms with Gasteiger partial charge in [-0.2, -0.15) is 0 Å². The summed E-state index contributed by atoms with van der Waals surface area (Å²) in [5.41, 5.74) is 3.91. The van der Waals surface area contributed by atoms with Crippen LogP contribution in [0.5, 0.6) is 0 Å². The lowest BCUT2D eigenvalue weighted by molar-refractivity contribution is -0.116. The second-order valence-corrected chi connectivity index (χ2v) is 5.52. The number of carbonyl (C=O) groups is 1. The summed E-state index contributed by atoms with van der Waals surface area (Å²) in [6.45, 7) is 6.57. The molecule has 1 aromatic carbocycles. The number of aromatic nitrogens is 2. The van der Waals surface area contributed by atoms with E-state index in [1.54, 1.807) is 18.5 Å². The number of hydrogen-bond acceptors (Lipinski definition) is 3. The van der Waals surface area contributed by atoms with Gasteiger partial charge >= 0.3 is 0 Å². The summed E-state index contributed by atoms with van der Waals surface area (Å²) < 4.78 is 0. The molecule has 22 heavy (non-hydrogen) atoms. The van der Waals surface area contributed by atoms with Crippen LogP contribution in [-0.2, 0) is 11.3 Å². The van der Waals surface area contributed by atoms with Crippen LogP contribution < -0.4 is 5.32 Å². The summed E-state index contributed by atoms with van der Waals surface area (Å²) in [6.07, 6.45) is 6.70. The van der Waals surface area contributed by atoms with Crippen LogP contribution in [0.2, 0.25) is 0 Å². The lowest BCUT2D eigenvalue weighted by Crippen LogP contribution is -2.21. The Labute approximate surface area is 131 Å². The Hall–Kier alpha value is -2.49. The van der Waals surface area contributed by atoms with E-state index in [4.69, 9.17) is 0 Å². The Morgan fingerprint density at radius 1 is 1.18 bits per heavy atom. The zero-order chi connectivity index (χ0) is 15.9. The van der Waals surface area contributed by atoms with Gasteiger partial charge in [-0.1, -0.05) is 38.1 Å². The van der Waals surface area contributed by atoms with E-state index >= 15 is 0 Å². The third-order valence-corrected chi connectivity index (χ3v) is 3.31. The van der Waals surface area contributed by atoms with Crippen molar-refractivity contribution in [3.63, 3.8) is 0 Å². The number of benzene rings is 1. The fraction of sp³-hybridized carbons (Fsp3) is 0.278. The lowest BCUT2D eigenvalue weighted by Gasteiger charge is -2.04. The molecular weight excluding hydrogens is 274 g/mol. The van der Waals surface area contributed by atoms with Gasteiger partial charge in [0, 0.05) is 12.3 Å². The molecule has 1 N–H and O–H groups in total. The number of aryl methyl sites for hydroxylation is 1. The first-order chi connectivity index (χ1) is 10.5. The average molecular weight is 295 g/mol. The highest BCUT2D eigenvalue weighted by Crippen LogP contribution is 2.15. The second-order valence-electron chi connectivity index (χ2n) is 5.52. The van der Waals surface area contributed by atoms with Gasteiger partial charge in [0.2, 0.25) is 5.91 Å².